The number of nitrogens with one attached hydrogen (secondary N) is 1. The minimum absolute atomic E-state index is 0.150. The summed E-state index contributed by atoms with van der Waals surface area (Å²) in [7, 11) is 0. The van der Waals surface area contributed by atoms with Crippen molar-refractivity contribution in [1.29, 1.82) is 0 Å². The zero-order valence-electron chi connectivity index (χ0n) is 9.88. The molecule has 0 aliphatic carbocycles. The van der Waals surface area contributed by atoms with Crippen molar-refractivity contribution >= 4 is 22.9 Å². The summed E-state index contributed by atoms with van der Waals surface area (Å²) in [6.07, 6.45) is 0. The van der Waals surface area contributed by atoms with E-state index in [0.717, 1.165) is 28.6 Å². The number of carbonyl (C=O) groups is 1. The van der Waals surface area contributed by atoms with Gasteiger partial charge in [0.05, 0.1) is 11.3 Å². The van der Waals surface area contributed by atoms with Crippen molar-refractivity contribution < 1.29 is 13.6 Å². The molecule has 0 saturated heterocycles. The molecule has 0 bridgehead atoms. The van der Waals surface area contributed by atoms with E-state index in [0.29, 0.717) is 5.56 Å². The number of thiophene rings is 1. The van der Waals surface area contributed by atoms with E-state index in [4.69, 9.17) is 0 Å². The fraction of sp³-hybridized carbons (Fsp3) is 0.154. The van der Waals surface area contributed by atoms with Gasteiger partial charge in [0, 0.05) is 16.3 Å². The van der Waals surface area contributed by atoms with E-state index in [1.165, 1.54) is 11.3 Å². The number of aryl methyl sites for hydroxylation is 1. The van der Waals surface area contributed by atoms with Crippen LogP contribution < -0.4 is 5.32 Å². The number of anilines is 1. The Hall–Kier alpha value is -1.75. The van der Waals surface area contributed by atoms with Crippen LogP contribution in [-0.2, 0) is 0 Å². The number of amides is 1. The lowest BCUT2D eigenvalue weighted by molar-refractivity contribution is 0.102. The van der Waals surface area contributed by atoms with Crippen LogP contribution in [0.4, 0.5) is 14.5 Å². The molecule has 1 heterocycles. The third-order valence-electron chi connectivity index (χ3n) is 2.71. The zero-order valence-corrected chi connectivity index (χ0v) is 10.7. The summed E-state index contributed by atoms with van der Waals surface area (Å²) in [6, 6.07) is 2.95. The molecule has 0 atom stereocenters. The van der Waals surface area contributed by atoms with Crippen molar-refractivity contribution in [3.8, 4) is 0 Å². The van der Waals surface area contributed by atoms with Crippen molar-refractivity contribution in [2.45, 2.75) is 13.8 Å². The van der Waals surface area contributed by atoms with Gasteiger partial charge in [-0.15, -0.1) is 11.3 Å². The molecule has 0 radical (unpaired) electrons. The van der Waals surface area contributed by atoms with Crippen molar-refractivity contribution in [1.82, 2.24) is 0 Å². The lowest BCUT2D eigenvalue weighted by atomic mass is 10.1. The van der Waals surface area contributed by atoms with Gasteiger partial charge >= 0.3 is 0 Å². The Morgan fingerprint density at radius 3 is 2.61 bits per heavy atom. The number of rotatable bonds is 2. The van der Waals surface area contributed by atoms with E-state index in [9.17, 15) is 13.6 Å². The van der Waals surface area contributed by atoms with Crippen LogP contribution in [0.15, 0.2) is 23.6 Å². The second kappa shape index (κ2) is 4.86. The summed E-state index contributed by atoms with van der Waals surface area (Å²) in [4.78, 5) is 12.9. The molecule has 0 unspecified atom stereocenters. The van der Waals surface area contributed by atoms with E-state index in [-0.39, 0.29) is 5.69 Å². The monoisotopic (exact) mass is 267 g/mol. The maximum absolute atomic E-state index is 13.4. The molecule has 1 amide bonds. The van der Waals surface area contributed by atoms with Gasteiger partial charge in [-0.25, -0.2) is 8.78 Å². The Balaban J connectivity index is 2.27. The molecule has 0 aliphatic heterocycles. The molecule has 5 heteroatoms. The van der Waals surface area contributed by atoms with Crippen LogP contribution >= 0.6 is 11.3 Å². The summed E-state index contributed by atoms with van der Waals surface area (Å²) in [6.45, 7) is 3.72. The molecule has 1 aromatic heterocycles. The summed E-state index contributed by atoms with van der Waals surface area (Å²) in [5.74, 6) is -1.68. The van der Waals surface area contributed by atoms with E-state index in [2.05, 4.69) is 5.32 Å². The standard InChI is InChI=1S/C13H11F2NOS/c1-7-8(2)18-6-10(7)13(17)16-12-5-9(14)3-4-11(12)15/h3-6H,1-2H3,(H,16,17). The van der Waals surface area contributed by atoms with Crippen LogP contribution in [-0.4, -0.2) is 5.91 Å². The average molecular weight is 267 g/mol. The topological polar surface area (TPSA) is 29.1 Å². The lowest BCUT2D eigenvalue weighted by Gasteiger charge is -2.06. The molecule has 18 heavy (non-hydrogen) atoms. The Bertz CT molecular complexity index is 607. The third-order valence-corrected chi connectivity index (χ3v) is 3.72. The van der Waals surface area contributed by atoms with Crippen LogP contribution in [0.1, 0.15) is 20.8 Å². The Morgan fingerprint density at radius 1 is 1.28 bits per heavy atom. The number of hydrogen-bond donors (Lipinski definition) is 1. The number of carbonyl (C=O) groups excluding carboxylic acids is 1. The van der Waals surface area contributed by atoms with Gasteiger partial charge in [0.25, 0.3) is 5.91 Å². The van der Waals surface area contributed by atoms with Gasteiger partial charge in [0.1, 0.15) is 11.6 Å². The third kappa shape index (κ3) is 2.41. The smallest absolute Gasteiger partial charge is 0.256 e. The highest BCUT2D eigenvalue weighted by atomic mass is 32.1. The highest BCUT2D eigenvalue weighted by Gasteiger charge is 2.14. The normalized spacial score (nSPS) is 10.4. The van der Waals surface area contributed by atoms with Gasteiger partial charge in [-0.1, -0.05) is 0 Å². The van der Waals surface area contributed by atoms with Crippen LogP contribution in [0.25, 0.3) is 0 Å². The lowest BCUT2D eigenvalue weighted by Crippen LogP contribution is -2.13. The number of benzene rings is 1. The molecule has 0 spiro atoms. The SMILES string of the molecule is Cc1scc(C(=O)Nc2cc(F)ccc2F)c1C. The summed E-state index contributed by atoms with van der Waals surface area (Å²) >= 11 is 1.45. The van der Waals surface area contributed by atoms with Crippen molar-refractivity contribution in [3.05, 3.63) is 51.2 Å². The molecule has 0 fully saturated rings. The Morgan fingerprint density at radius 2 is 2.00 bits per heavy atom. The minimum Gasteiger partial charge on any atom is -0.319 e. The molecule has 2 rings (SSSR count). The number of hydrogen-bond acceptors (Lipinski definition) is 2. The quantitative estimate of drug-likeness (QED) is 0.878. The van der Waals surface area contributed by atoms with E-state index < -0.39 is 17.5 Å². The molecule has 1 N–H and O–H groups in total. The van der Waals surface area contributed by atoms with E-state index in [1.54, 1.807) is 5.38 Å². The van der Waals surface area contributed by atoms with Crippen molar-refractivity contribution in [2.75, 3.05) is 5.32 Å². The fourth-order valence-corrected chi connectivity index (χ4v) is 2.39. The van der Waals surface area contributed by atoms with Crippen LogP contribution in [0, 0.1) is 25.5 Å². The van der Waals surface area contributed by atoms with Gasteiger partial charge in [-0.05, 0) is 31.5 Å². The molecule has 94 valence electrons. The highest BCUT2D eigenvalue weighted by Crippen LogP contribution is 2.22. The molecule has 0 aliphatic rings. The van der Waals surface area contributed by atoms with Gasteiger partial charge in [-0.2, -0.15) is 0 Å². The predicted molar refractivity (Wildman–Crippen MR) is 68.1 cm³/mol. The van der Waals surface area contributed by atoms with E-state index in [1.807, 2.05) is 13.8 Å². The average Bonchev–Trinajstić information content (AvgIpc) is 2.65. The van der Waals surface area contributed by atoms with Crippen molar-refractivity contribution in [2.24, 2.45) is 0 Å². The van der Waals surface area contributed by atoms with Gasteiger partial charge in [0.15, 0.2) is 0 Å². The first-order valence-corrected chi connectivity index (χ1v) is 6.18. The van der Waals surface area contributed by atoms with Crippen molar-refractivity contribution in [3.63, 3.8) is 0 Å². The van der Waals surface area contributed by atoms with Crippen LogP contribution in [0.3, 0.4) is 0 Å². The fourth-order valence-electron chi connectivity index (χ4n) is 1.52. The molecular formula is C13H11F2NOS. The predicted octanol–water partition coefficient (Wildman–Crippen LogP) is 3.90. The second-order valence-electron chi connectivity index (χ2n) is 3.91. The molecular weight excluding hydrogens is 256 g/mol. The molecule has 0 saturated carbocycles. The molecule has 2 nitrogen and oxygen atoms in total. The maximum atomic E-state index is 13.4. The summed E-state index contributed by atoms with van der Waals surface area (Å²) < 4.78 is 26.3. The first-order chi connectivity index (χ1) is 8.49. The first kappa shape index (κ1) is 12.7. The van der Waals surface area contributed by atoms with Crippen LogP contribution in [0.2, 0.25) is 0 Å². The number of halogens is 2. The summed E-state index contributed by atoms with van der Waals surface area (Å²) in [5, 5.41) is 4.08. The Labute approximate surface area is 107 Å². The highest BCUT2D eigenvalue weighted by molar-refractivity contribution is 7.10. The van der Waals surface area contributed by atoms with Gasteiger partial charge < -0.3 is 5.32 Å². The maximum Gasteiger partial charge on any atom is 0.256 e. The second-order valence-corrected chi connectivity index (χ2v) is 4.99. The largest absolute Gasteiger partial charge is 0.319 e. The van der Waals surface area contributed by atoms with Crippen LogP contribution in [0.5, 0.6) is 0 Å². The minimum atomic E-state index is -0.658. The Kier molecular flexibility index (Phi) is 3.43. The molecule has 1 aromatic carbocycles. The van der Waals surface area contributed by atoms with Gasteiger partial charge in [-0.3, -0.25) is 4.79 Å². The van der Waals surface area contributed by atoms with Gasteiger partial charge in [0.2, 0.25) is 0 Å². The first-order valence-electron chi connectivity index (χ1n) is 5.30. The molecule has 2 aromatic rings. The zero-order chi connectivity index (χ0) is 13.3. The van der Waals surface area contributed by atoms with E-state index >= 15 is 0 Å². The summed E-state index contributed by atoms with van der Waals surface area (Å²) in [5.41, 5.74) is 1.19.